The topological polar surface area (TPSA) is 68.0 Å². The number of aliphatic imine (C=N–C) groups is 1. The van der Waals surface area contributed by atoms with Gasteiger partial charge in [-0.05, 0) is 37.3 Å². The molecule has 0 bridgehead atoms. The molecule has 1 atom stereocenters. The van der Waals surface area contributed by atoms with Crippen LogP contribution in [0.4, 0.5) is 0 Å². The third-order valence-corrected chi connectivity index (χ3v) is 3.88. The van der Waals surface area contributed by atoms with Gasteiger partial charge in [-0.25, -0.2) is 0 Å². The molecule has 2 N–H and O–H groups in total. The van der Waals surface area contributed by atoms with Crippen LogP contribution in [0.2, 0.25) is 0 Å². The van der Waals surface area contributed by atoms with Crippen molar-refractivity contribution >= 4 is 5.96 Å². The molecule has 1 aromatic carbocycles. The molecule has 0 aliphatic rings. The van der Waals surface area contributed by atoms with Crippen LogP contribution in [-0.2, 0) is 6.42 Å². The minimum Gasteiger partial charge on any atom is -0.497 e. The standard InChI is InChI=1S/C20H27N3O3/c1-5-11-21-20(22-12-10-16-7-6-13-26-16)23-15(2)18-14-17(24-3)8-9-19(18)25-4/h5-9,13-15H,1,10-12H2,2-4H3,(H2,21,22,23). The summed E-state index contributed by atoms with van der Waals surface area (Å²) in [5, 5.41) is 6.63. The van der Waals surface area contributed by atoms with Gasteiger partial charge in [-0.1, -0.05) is 6.08 Å². The Bertz CT molecular complexity index is 711. The first-order chi connectivity index (χ1) is 12.7. The molecule has 0 aliphatic carbocycles. The Balaban J connectivity index is 2.09. The zero-order valence-corrected chi connectivity index (χ0v) is 15.6. The second-order valence-electron chi connectivity index (χ2n) is 5.70. The van der Waals surface area contributed by atoms with E-state index in [1.165, 1.54) is 0 Å². The highest BCUT2D eigenvalue weighted by molar-refractivity contribution is 5.80. The van der Waals surface area contributed by atoms with Gasteiger partial charge in [-0.15, -0.1) is 6.58 Å². The normalized spacial score (nSPS) is 12.3. The zero-order chi connectivity index (χ0) is 18.8. The number of hydrogen-bond acceptors (Lipinski definition) is 4. The Morgan fingerprint density at radius 2 is 2.15 bits per heavy atom. The molecular weight excluding hydrogens is 330 g/mol. The third-order valence-electron chi connectivity index (χ3n) is 3.88. The van der Waals surface area contributed by atoms with Gasteiger partial charge in [-0.3, -0.25) is 4.99 Å². The summed E-state index contributed by atoms with van der Waals surface area (Å²) in [5.74, 6) is 3.20. The fraction of sp³-hybridized carbons (Fsp3) is 0.350. The summed E-state index contributed by atoms with van der Waals surface area (Å²) in [4.78, 5) is 4.61. The summed E-state index contributed by atoms with van der Waals surface area (Å²) in [7, 11) is 3.31. The van der Waals surface area contributed by atoms with Crippen LogP contribution in [0.5, 0.6) is 11.5 Å². The first kappa shape index (κ1) is 19.4. The average Bonchev–Trinajstić information content (AvgIpc) is 3.18. The van der Waals surface area contributed by atoms with Crippen LogP contribution in [0.15, 0.2) is 58.7 Å². The van der Waals surface area contributed by atoms with Crippen LogP contribution in [0.3, 0.4) is 0 Å². The van der Waals surface area contributed by atoms with Crippen LogP contribution in [0.25, 0.3) is 0 Å². The molecule has 0 saturated heterocycles. The van der Waals surface area contributed by atoms with Gasteiger partial charge in [0, 0.05) is 25.1 Å². The number of guanidine groups is 1. The van der Waals surface area contributed by atoms with E-state index in [0.29, 0.717) is 19.0 Å². The van der Waals surface area contributed by atoms with E-state index in [9.17, 15) is 0 Å². The Morgan fingerprint density at radius 1 is 1.31 bits per heavy atom. The SMILES string of the molecule is C=CCNC(=NCCc1ccco1)NC(C)c1cc(OC)ccc1OC. The molecule has 0 spiro atoms. The van der Waals surface area contributed by atoms with Crippen molar-refractivity contribution in [2.45, 2.75) is 19.4 Å². The van der Waals surface area contributed by atoms with E-state index >= 15 is 0 Å². The van der Waals surface area contributed by atoms with Gasteiger partial charge < -0.3 is 24.5 Å². The highest BCUT2D eigenvalue weighted by Gasteiger charge is 2.14. The lowest BCUT2D eigenvalue weighted by atomic mass is 10.1. The second kappa shape index (κ2) is 10.2. The molecule has 6 nitrogen and oxygen atoms in total. The van der Waals surface area contributed by atoms with Gasteiger partial charge in [0.25, 0.3) is 0 Å². The Morgan fingerprint density at radius 3 is 2.81 bits per heavy atom. The van der Waals surface area contributed by atoms with E-state index in [-0.39, 0.29) is 6.04 Å². The largest absolute Gasteiger partial charge is 0.497 e. The molecule has 0 amide bonds. The van der Waals surface area contributed by atoms with E-state index in [4.69, 9.17) is 13.9 Å². The summed E-state index contributed by atoms with van der Waals surface area (Å²) in [6.45, 7) is 7.03. The summed E-state index contributed by atoms with van der Waals surface area (Å²) in [6.07, 6.45) is 4.21. The molecule has 1 aromatic heterocycles. The van der Waals surface area contributed by atoms with Crippen LogP contribution in [0, 0.1) is 0 Å². The molecule has 2 rings (SSSR count). The smallest absolute Gasteiger partial charge is 0.192 e. The molecule has 2 aromatic rings. The fourth-order valence-electron chi connectivity index (χ4n) is 2.51. The lowest BCUT2D eigenvalue weighted by molar-refractivity contribution is 0.394. The minimum absolute atomic E-state index is 0.0280. The zero-order valence-electron chi connectivity index (χ0n) is 15.6. The van der Waals surface area contributed by atoms with Crippen LogP contribution < -0.4 is 20.1 Å². The number of nitrogens with one attached hydrogen (secondary N) is 2. The molecule has 0 fully saturated rings. The second-order valence-corrected chi connectivity index (χ2v) is 5.70. The molecule has 0 aliphatic heterocycles. The third kappa shape index (κ3) is 5.58. The number of hydrogen-bond donors (Lipinski definition) is 2. The predicted octanol–water partition coefficient (Wildman–Crippen LogP) is 3.32. The van der Waals surface area contributed by atoms with Gasteiger partial charge >= 0.3 is 0 Å². The van der Waals surface area contributed by atoms with Gasteiger partial charge in [0.1, 0.15) is 17.3 Å². The van der Waals surface area contributed by atoms with Crippen molar-refractivity contribution in [3.63, 3.8) is 0 Å². The first-order valence-corrected chi connectivity index (χ1v) is 8.58. The molecule has 26 heavy (non-hydrogen) atoms. The van der Waals surface area contributed by atoms with Gasteiger partial charge in [0.15, 0.2) is 5.96 Å². The highest BCUT2D eigenvalue weighted by Crippen LogP contribution is 2.29. The van der Waals surface area contributed by atoms with E-state index in [1.807, 2.05) is 30.3 Å². The lowest BCUT2D eigenvalue weighted by Gasteiger charge is -2.20. The number of nitrogens with zero attached hydrogens (tertiary/aromatic N) is 1. The van der Waals surface area contributed by atoms with E-state index in [1.54, 1.807) is 26.6 Å². The molecule has 6 heteroatoms. The van der Waals surface area contributed by atoms with Crippen molar-refractivity contribution in [1.82, 2.24) is 10.6 Å². The van der Waals surface area contributed by atoms with Crippen LogP contribution in [-0.4, -0.2) is 33.3 Å². The summed E-state index contributed by atoms with van der Waals surface area (Å²) < 4.78 is 16.1. The maximum Gasteiger partial charge on any atom is 0.192 e. The van der Waals surface area contributed by atoms with E-state index in [0.717, 1.165) is 29.2 Å². The minimum atomic E-state index is -0.0280. The van der Waals surface area contributed by atoms with Gasteiger partial charge in [-0.2, -0.15) is 0 Å². The monoisotopic (exact) mass is 357 g/mol. The number of benzene rings is 1. The van der Waals surface area contributed by atoms with E-state index < -0.39 is 0 Å². The van der Waals surface area contributed by atoms with Gasteiger partial charge in [0.05, 0.1) is 26.5 Å². The first-order valence-electron chi connectivity index (χ1n) is 8.58. The summed E-state index contributed by atoms with van der Waals surface area (Å²) in [5.41, 5.74) is 0.992. The van der Waals surface area contributed by atoms with Crippen molar-refractivity contribution in [1.29, 1.82) is 0 Å². The van der Waals surface area contributed by atoms with Crippen LogP contribution in [0.1, 0.15) is 24.3 Å². The molecule has 1 unspecified atom stereocenters. The number of rotatable bonds is 9. The molecular formula is C20H27N3O3. The van der Waals surface area contributed by atoms with Crippen molar-refractivity contribution < 1.29 is 13.9 Å². The van der Waals surface area contributed by atoms with Crippen LogP contribution >= 0.6 is 0 Å². The number of methoxy groups -OCH3 is 2. The molecule has 140 valence electrons. The highest BCUT2D eigenvalue weighted by atomic mass is 16.5. The fourth-order valence-corrected chi connectivity index (χ4v) is 2.51. The van der Waals surface area contributed by atoms with Crippen molar-refractivity contribution in [2.75, 3.05) is 27.3 Å². The molecule has 1 heterocycles. The quantitative estimate of drug-likeness (QED) is 0.409. The van der Waals surface area contributed by atoms with Gasteiger partial charge in [0.2, 0.25) is 0 Å². The summed E-state index contributed by atoms with van der Waals surface area (Å²) in [6, 6.07) is 9.54. The number of furan rings is 1. The predicted molar refractivity (Wildman–Crippen MR) is 104 cm³/mol. The van der Waals surface area contributed by atoms with Crippen molar-refractivity contribution in [3.05, 3.63) is 60.6 Å². The van der Waals surface area contributed by atoms with E-state index in [2.05, 4.69) is 29.1 Å². The van der Waals surface area contributed by atoms with Crippen molar-refractivity contribution in [3.8, 4) is 11.5 Å². The maximum atomic E-state index is 5.47. The Hall–Kier alpha value is -2.89. The molecule has 0 saturated carbocycles. The van der Waals surface area contributed by atoms with Crippen molar-refractivity contribution in [2.24, 2.45) is 4.99 Å². The lowest BCUT2D eigenvalue weighted by Crippen LogP contribution is -2.39. The Kier molecular flexibility index (Phi) is 7.61. The Labute approximate surface area is 154 Å². The summed E-state index contributed by atoms with van der Waals surface area (Å²) >= 11 is 0. The maximum absolute atomic E-state index is 5.47. The number of ether oxygens (including phenoxy) is 2. The molecule has 0 radical (unpaired) electrons. The average molecular weight is 357 g/mol.